The predicted octanol–water partition coefficient (Wildman–Crippen LogP) is 4.07. The largest absolute Gasteiger partial charge is 0.321 e. The molecule has 0 saturated carbocycles. The lowest BCUT2D eigenvalue weighted by atomic mass is 10.1. The zero-order valence-electron chi connectivity index (χ0n) is 12.9. The summed E-state index contributed by atoms with van der Waals surface area (Å²) in [5.41, 5.74) is 2.42. The van der Waals surface area contributed by atoms with Crippen LogP contribution < -0.4 is 5.32 Å². The number of amides is 1. The van der Waals surface area contributed by atoms with Gasteiger partial charge in [0.2, 0.25) is 0 Å². The second kappa shape index (κ2) is 6.59. The SMILES string of the molecule is CS(=O)(=O)c1ccc(NC(=O)c2sccc2-c2ccccc2)cc1. The highest BCUT2D eigenvalue weighted by Crippen LogP contribution is 2.29. The Balaban J connectivity index is 1.83. The Hall–Kier alpha value is -2.44. The van der Waals surface area contributed by atoms with Crippen LogP contribution in [-0.4, -0.2) is 20.6 Å². The van der Waals surface area contributed by atoms with Crippen LogP contribution in [0.25, 0.3) is 11.1 Å². The minimum absolute atomic E-state index is 0.212. The minimum Gasteiger partial charge on any atom is -0.321 e. The molecule has 6 heteroatoms. The van der Waals surface area contributed by atoms with Gasteiger partial charge in [-0.25, -0.2) is 8.42 Å². The zero-order chi connectivity index (χ0) is 17.2. The van der Waals surface area contributed by atoms with Crippen molar-refractivity contribution in [2.45, 2.75) is 4.90 Å². The van der Waals surface area contributed by atoms with Crippen LogP contribution in [0.1, 0.15) is 9.67 Å². The fourth-order valence-corrected chi connectivity index (χ4v) is 3.75. The van der Waals surface area contributed by atoms with Crippen LogP contribution in [0.5, 0.6) is 0 Å². The lowest BCUT2D eigenvalue weighted by Gasteiger charge is -2.07. The monoisotopic (exact) mass is 357 g/mol. The number of sulfone groups is 1. The lowest BCUT2D eigenvalue weighted by molar-refractivity contribution is 0.103. The van der Waals surface area contributed by atoms with Gasteiger partial charge in [-0.2, -0.15) is 0 Å². The van der Waals surface area contributed by atoms with E-state index >= 15 is 0 Å². The van der Waals surface area contributed by atoms with Gasteiger partial charge in [-0.3, -0.25) is 4.79 Å². The van der Waals surface area contributed by atoms with Crippen molar-refractivity contribution >= 4 is 32.8 Å². The molecule has 0 bridgehead atoms. The molecule has 0 saturated heterocycles. The van der Waals surface area contributed by atoms with Crippen LogP contribution in [0.15, 0.2) is 70.9 Å². The molecule has 1 N–H and O–H groups in total. The molecule has 1 aromatic heterocycles. The standard InChI is InChI=1S/C18H15NO3S2/c1-24(21,22)15-9-7-14(8-10-15)19-18(20)17-16(11-12-23-17)13-5-3-2-4-6-13/h2-12H,1H3,(H,19,20). The normalized spacial score (nSPS) is 11.2. The zero-order valence-corrected chi connectivity index (χ0v) is 14.5. The van der Waals surface area contributed by atoms with Crippen molar-refractivity contribution in [2.24, 2.45) is 0 Å². The van der Waals surface area contributed by atoms with Crippen molar-refractivity contribution in [2.75, 3.05) is 11.6 Å². The highest BCUT2D eigenvalue weighted by Gasteiger charge is 2.15. The molecule has 24 heavy (non-hydrogen) atoms. The highest BCUT2D eigenvalue weighted by molar-refractivity contribution is 7.90. The number of anilines is 1. The first kappa shape index (κ1) is 16.4. The van der Waals surface area contributed by atoms with Crippen LogP contribution >= 0.6 is 11.3 Å². The average Bonchev–Trinajstić information content (AvgIpc) is 3.05. The Bertz CT molecular complexity index is 959. The maximum atomic E-state index is 12.5. The number of rotatable bonds is 4. The Morgan fingerprint density at radius 3 is 2.25 bits per heavy atom. The van der Waals surface area contributed by atoms with Gasteiger partial charge in [-0.05, 0) is 41.3 Å². The molecule has 3 rings (SSSR count). The van der Waals surface area contributed by atoms with Crippen LogP contribution in [0, 0.1) is 0 Å². The Morgan fingerprint density at radius 1 is 0.958 bits per heavy atom. The summed E-state index contributed by atoms with van der Waals surface area (Å²) >= 11 is 1.37. The number of thiophene rings is 1. The number of carbonyl (C=O) groups is 1. The van der Waals surface area contributed by atoms with E-state index < -0.39 is 9.84 Å². The van der Waals surface area contributed by atoms with Crippen molar-refractivity contribution in [1.29, 1.82) is 0 Å². The number of nitrogens with one attached hydrogen (secondary N) is 1. The smallest absolute Gasteiger partial charge is 0.266 e. The Kier molecular flexibility index (Phi) is 4.51. The van der Waals surface area contributed by atoms with Gasteiger partial charge in [0, 0.05) is 17.5 Å². The highest BCUT2D eigenvalue weighted by atomic mass is 32.2. The van der Waals surface area contributed by atoms with E-state index in [2.05, 4.69) is 5.32 Å². The van der Waals surface area contributed by atoms with E-state index in [0.717, 1.165) is 17.4 Å². The third-order valence-electron chi connectivity index (χ3n) is 3.50. The molecule has 0 fully saturated rings. The van der Waals surface area contributed by atoms with E-state index in [4.69, 9.17) is 0 Å². The third kappa shape index (κ3) is 3.55. The molecule has 0 radical (unpaired) electrons. The first-order valence-electron chi connectivity index (χ1n) is 7.19. The van der Waals surface area contributed by atoms with Crippen molar-refractivity contribution < 1.29 is 13.2 Å². The van der Waals surface area contributed by atoms with E-state index in [-0.39, 0.29) is 10.8 Å². The average molecular weight is 357 g/mol. The molecule has 3 aromatic rings. The molecule has 1 amide bonds. The van der Waals surface area contributed by atoms with Gasteiger partial charge in [0.15, 0.2) is 9.84 Å². The number of hydrogen-bond donors (Lipinski definition) is 1. The summed E-state index contributed by atoms with van der Waals surface area (Å²) in [6.07, 6.45) is 1.15. The maximum absolute atomic E-state index is 12.5. The van der Waals surface area contributed by atoms with Gasteiger partial charge in [-0.15, -0.1) is 11.3 Å². The summed E-state index contributed by atoms with van der Waals surface area (Å²) < 4.78 is 22.9. The van der Waals surface area contributed by atoms with Crippen LogP contribution in [0.2, 0.25) is 0 Å². The molecule has 122 valence electrons. The van der Waals surface area contributed by atoms with E-state index in [1.165, 1.54) is 23.5 Å². The van der Waals surface area contributed by atoms with Gasteiger partial charge in [0.1, 0.15) is 0 Å². The fourth-order valence-electron chi connectivity index (χ4n) is 2.30. The van der Waals surface area contributed by atoms with Gasteiger partial charge in [0.05, 0.1) is 9.77 Å². The summed E-state index contributed by atoms with van der Waals surface area (Å²) in [7, 11) is -3.24. The molecule has 4 nitrogen and oxygen atoms in total. The first-order valence-corrected chi connectivity index (χ1v) is 9.96. The number of carbonyl (C=O) groups excluding carboxylic acids is 1. The van der Waals surface area contributed by atoms with E-state index in [0.29, 0.717) is 10.6 Å². The van der Waals surface area contributed by atoms with Crippen LogP contribution in [0.3, 0.4) is 0 Å². The molecule has 0 atom stereocenters. The molecule has 0 aliphatic carbocycles. The van der Waals surface area contributed by atoms with Crippen LogP contribution in [-0.2, 0) is 9.84 Å². The maximum Gasteiger partial charge on any atom is 0.266 e. The second-order valence-electron chi connectivity index (χ2n) is 5.28. The van der Waals surface area contributed by atoms with Crippen LogP contribution in [0.4, 0.5) is 5.69 Å². The number of benzene rings is 2. The van der Waals surface area contributed by atoms with Gasteiger partial charge < -0.3 is 5.32 Å². The fraction of sp³-hybridized carbons (Fsp3) is 0.0556. The van der Waals surface area contributed by atoms with Crippen molar-refractivity contribution in [3.05, 3.63) is 70.9 Å². The summed E-state index contributed by atoms with van der Waals surface area (Å²) in [6.45, 7) is 0. The second-order valence-corrected chi connectivity index (χ2v) is 8.21. The molecular formula is C18H15NO3S2. The van der Waals surface area contributed by atoms with Crippen molar-refractivity contribution in [1.82, 2.24) is 0 Å². The molecule has 0 unspecified atom stereocenters. The van der Waals surface area contributed by atoms with E-state index in [1.807, 2.05) is 41.8 Å². The molecular weight excluding hydrogens is 342 g/mol. The molecule has 1 heterocycles. The molecule has 0 aliphatic heterocycles. The van der Waals surface area contributed by atoms with Crippen molar-refractivity contribution in [3.63, 3.8) is 0 Å². The quantitative estimate of drug-likeness (QED) is 0.765. The topological polar surface area (TPSA) is 63.2 Å². The first-order chi connectivity index (χ1) is 11.4. The minimum atomic E-state index is -3.24. The predicted molar refractivity (Wildman–Crippen MR) is 97.3 cm³/mol. The third-order valence-corrected chi connectivity index (χ3v) is 5.54. The molecule has 0 spiro atoms. The van der Waals surface area contributed by atoms with Gasteiger partial charge >= 0.3 is 0 Å². The summed E-state index contributed by atoms with van der Waals surface area (Å²) in [5.74, 6) is -0.212. The number of hydrogen-bond acceptors (Lipinski definition) is 4. The lowest BCUT2D eigenvalue weighted by Crippen LogP contribution is -2.11. The Labute approximate surface area is 144 Å². The Morgan fingerprint density at radius 2 is 1.62 bits per heavy atom. The summed E-state index contributed by atoms with van der Waals surface area (Å²) in [4.78, 5) is 13.4. The summed E-state index contributed by atoms with van der Waals surface area (Å²) in [5, 5.41) is 4.69. The molecule has 0 aliphatic rings. The van der Waals surface area contributed by atoms with Crippen molar-refractivity contribution in [3.8, 4) is 11.1 Å². The summed E-state index contributed by atoms with van der Waals surface area (Å²) in [6, 6.07) is 17.8. The van der Waals surface area contributed by atoms with Gasteiger partial charge in [-0.1, -0.05) is 30.3 Å². The molecule has 2 aromatic carbocycles. The van der Waals surface area contributed by atoms with Gasteiger partial charge in [0.25, 0.3) is 5.91 Å². The van der Waals surface area contributed by atoms with E-state index in [9.17, 15) is 13.2 Å². The van der Waals surface area contributed by atoms with E-state index in [1.54, 1.807) is 12.1 Å².